The molecule has 0 bridgehead atoms. The Kier molecular flexibility index (Phi) is 8.29. The molecule has 0 aliphatic carbocycles. The van der Waals surface area contributed by atoms with E-state index in [1.165, 1.54) is 0 Å². The fourth-order valence-electron chi connectivity index (χ4n) is 3.58. The van der Waals surface area contributed by atoms with Gasteiger partial charge in [0.05, 0.1) is 4.90 Å². The molecular weight excluding hydrogens is 386 g/mol. The summed E-state index contributed by atoms with van der Waals surface area (Å²) in [4.78, 5) is 14.4. The Labute approximate surface area is 169 Å². The summed E-state index contributed by atoms with van der Waals surface area (Å²) in [7, 11) is -1.87. The minimum Gasteiger partial charge on any atom is -0.341 e. The van der Waals surface area contributed by atoms with Crippen LogP contribution in [0.15, 0.2) is 4.90 Å². The quantitative estimate of drug-likeness (QED) is 0.743. The molecule has 1 aliphatic rings. The molecule has 0 aromatic heterocycles. The number of amides is 1. The first-order valence-electron chi connectivity index (χ1n) is 9.11. The Hall–Kier alpha value is -1.15. The molecule has 8 heteroatoms. The minimum atomic E-state index is -3.66. The van der Waals surface area contributed by atoms with E-state index in [9.17, 15) is 13.2 Å². The maximum atomic E-state index is 12.9. The number of rotatable bonds is 6. The average Bonchev–Trinajstić information content (AvgIpc) is 3.11. The minimum absolute atomic E-state index is 0. The van der Waals surface area contributed by atoms with Gasteiger partial charge < -0.3 is 10.2 Å². The average molecular weight is 418 g/mol. The number of halogens is 1. The smallest absolute Gasteiger partial charge is 0.241 e. The van der Waals surface area contributed by atoms with Gasteiger partial charge in [0, 0.05) is 32.6 Å². The maximum absolute atomic E-state index is 12.9. The Morgan fingerprint density at radius 2 is 1.59 bits per heavy atom. The highest BCUT2D eigenvalue weighted by Crippen LogP contribution is 2.29. The van der Waals surface area contributed by atoms with Gasteiger partial charge in [-0.2, -0.15) is 0 Å². The Morgan fingerprint density at radius 1 is 1.07 bits per heavy atom. The van der Waals surface area contributed by atoms with Crippen LogP contribution in [-0.2, 0) is 14.8 Å². The molecule has 1 saturated heterocycles. The van der Waals surface area contributed by atoms with Gasteiger partial charge in [-0.15, -0.1) is 12.4 Å². The van der Waals surface area contributed by atoms with Crippen LogP contribution in [0.1, 0.15) is 40.7 Å². The number of carbonyl (C=O) groups excluding carboxylic acids is 1. The molecule has 154 valence electrons. The molecule has 0 radical (unpaired) electrons. The van der Waals surface area contributed by atoms with E-state index in [1.54, 1.807) is 11.9 Å². The number of sulfonamides is 1. The molecule has 2 rings (SSSR count). The van der Waals surface area contributed by atoms with Crippen LogP contribution in [0.4, 0.5) is 0 Å². The molecule has 0 saturated carbocycles. The zero-order valence-electron chi connectivity index (χ0n) is 17.1. The maximum Gasteiger partial charge on any atom is 0.241 e. The van der Waals surface area contributed by atoms with Crippen LogP contribution in [0.3, 0.4) is 0 Å². The first-order valence-corrected chi connectivity index (χ1v) is 10.6. The van der Waals surface area contributed by atoms with Crippen molar-refractivity contribution in [1.29, 1.82) is 0 Å². The number of hydrogen-bond donors (Lipinski definition) is 2. The summed E-state index contributed by atoms with van der Waals surface area (Å²) in [6.07, 6.45) is 1.10. The molecule has 1 amide bonds. The van der Waals surface area contributed by atoms with Gasteiger partial charge >= 0.3 is 0 Å². The van der Waals surface area contributed by atoms with Gasteiger partial charge in [0.1, 0.15) is 0 Å². The van der Waals surface area contributed by atoms with E-state index in [0.717, 1.165) is 47.3 Å². The highest BCUT2D eigenvalue weighted by Gasteiger charge is 2.25. The van der Waals surface area contributed by atoms with E-state index in [4.69, 9.17) is 0 Å². The molecule has 1 atom stereocenters. The molecule has 27 heavy (non-hydrogen) atoms. The van der Waals surface area contributed by atoms with Crippen LogP contribution in [0.2, 0.25) is 0 Å². The Balaban J connectivity index is 0.00000364. The Morgan fingerprint density at radius 3 is 2.07 bits per heavy atom. The SMILES string of the molecule is Cc1c(C)c(C)c(S(=O)(=O)NCCC(=O)N(C)C2CCNC2)c(C)c1C.Cl. The van der Waals surface area contributed by atoms with E-state index in [2.05, 4.69) is 10.0 Å². The van der Waals surface area contributed by atoms with Crippen LogP contribution < -0.4 is 10.0 Å². The van der Waals surface area contributed by atoms with E-state index in [1.807, 2.05) is 34.6 Å². The molecule has 6 nitrogen and oxygen atoms in total. The van der Waals surface area contributed by atoms with Crippen LogP contribution >= 0.6 is 12.4 Å². The van der Waals surface area contributed by atoms with E-state index in [0.29, 0.717) is 4.90 Å². The lowest BCUT2D eigenvalue weighted by Crippen LogP contribution is -2.40. The largest absolute Gasteiger partial charge is 0.341 e. The second-order valence-electron chi connectivity index (χ2n) is 7.25. The van der Waals surface area contributed by atoms with Crippen LogP contribution in [0.5, 0.6) is 0 Å². The van der Waals surface area contributed by atoms with Crippen molar-refractivity contribution in [3.05, 3.63) is 27.8 Å². The highest BCUT2D eigenvalue weighted by molar-refractivity contribution is 7.89. The van der Waals surface area contributed by atoms with Crippen molar-refractivity contribution in [2.75, 3.05) is 26.7 Å². The van der Waals surface area contributed by atoms with E-state index < -0.39 is 10.0 Å². The van der Waals surface area contributed by atoms with Gasteiger partial charge in [0.2, 0.25) is 15.9 Å². The molecule has 2 N–H and O–H groups in total. The summed E-state index contributed by atoms with van der Waals surface area (Å²) in [5.41, 5.74) is 4.68. The lowest BCUT2D eigenvalue weighted by atomic mass is 9.95. The molecular formula is C19H32ClN3O3S. The van der Waals surface area contributed by atoms with E-state index >= 15 is 0 Å². The lowest BCUT2D eigenvalue weighted by Gasteiger charge is -2.24. The zero-order chi connectivity index (χ0) is 19.6. The summed E-state index contributed by atoms with van der Waals surface area (Å²) in [5, 5.41) is 3.23. The predicted molar refractivity (Wildman–Crippen MR) is 111 cm³/mol. The molecule has 1 fully saturated rings. The monoisotopic (exact) mass is 417 g/mol. The highest BCUT2D eigenvalue weighted by atomic mass is 35.5. The van der Waals surface area contributed by atoms with Gasteiger partial charge in [-0.1, -0.05) is 0 Å². The van der Waals surface area contributed by atoms with Crippen molar-refractivity contribution in [2.45, 2.75) is 58.4 Å². The number of nitrogens with one attached hydrogen (secondary N) is 2. The van der Waals surface area contributed by atoms with Crippen molar-refractivity contribution in [2.24, 2.45) is 0 Å². The topological polar surface area (TPSA) is 78.5 Å². The molecule has 1 aromatic carbocycles. The van der Waals surface area contributed by atoms with Gasteiger partial charge in [-0.3, -0.25) is 4.79 Å². The summed E-state index contributed by atoms with van der Waals surface area (Å²) in [6.45, 7) is 11.4. The first kappa shape index (κ1) is 23.9. The number of likely N-dealkylation sites (N-methyl/N-ethyl adjacent to an activating group) is 1. The van der Waals surface area contributed by atoms with Gasteiger partial charge in [-0.25, -0.2) is 13.1 Å². The third-order valence-corrected chi connectivity index (χ3v) is 7.54. The zero-order valence-corrected chi connectivity index (χ0v) is 18.7. The third-order valence-electron chi connectivity index (χ3n) is 5.81. The molecule has 0 spiro atoms. The second kappa shape index (κ2) is 9.37. The predicted octanol–water partition coefficient (Wildman–Crippen LogP) is 2.14. The summed E-state index contributed by atoms with van der Waals surface area (Å²) < 4.78 is 28.3. The normalized spacial score (nSPS) is 16.9. The fraction of sp³-hybridized carbons (Fsp3) is 0.632. The number of hydrogen-bond acceptors (Lipinski definition) is 4. The summed E-state index contributed by atoms with van der Waals surface area (Å²) in [6, 6.07) is 0.200. The molecule has 1 heterocycles. The van der Waals surface area contributed by atoms with Gasteiger partial charge in [0.15, 0.2) is 0 Å². The second-order valence-corrected chi connectivity index (χ2v) is 8.96. The number of nitrogens with zero attached hydrogens (tertiary/aromatic N) is 1. The molecule has 1 unspecified atom stereocenters. The lowest BCUT2D eigenvalue weighted by molar-refractivity contribution is -0.131. The summed E-state index contributed by atoms with van der Waals surface area (Å²) >= 11 is 0. The van der Waals surface area contributed by atoms with Crippen molar-refractivity contribution >= 4 is 28.3 Å². The molecule has 1 aliphatic heterocycles. The fourth-order valence-corrected chi connectivity index (χ4v) is 5.21. The van der Waals surface area contributed by atoms with E-state index in [-0.39, 0.29) is 37.3 Å². The van der Waals surface area contributed by atoms with Crippen molar-refractivity contribution < 1.29 is 13.2 Å². The Bertz CT molecular complexity index is 774. The first-order chi connectivity index (χ1) is 12.1. The van der Waals surface area contributed by atoms with Crippen LogP contribution in [0.25, 0.3) is 0 Å². The van der Waals surface area contributed by atoms with Gasteiger partial charge in [-0.05, 0) is 75.4 Å². The van der Waals surface area contributed by atoms with Crippen molar-refractivity contribution in [1.82, 2.24) is 14.9 Å². The van der Waals surface area contributed by atoms with Crippen LogP contribution in [0, 0.1) is 34.6 Å². The number of carbonyl (C=O) groups is 1. The summed E-state index contributed by atoms with van der Waals surface area (Å²) in [5.74, 6) is -0.0360. The van der Waals surface area contributed by atoms with Gasteiger partial charge in [0.25, 0.3) is 0 Å². The van der Waals surface area contributed by atoms with Crippen molar-refractivity contribution in [3.8, 4) is 0 Å². The van der Waals surface area contributed by atoms with Crippen LogP contribution in [-0.4, -0.2) is 51.9 Å². The third kappa shape index (κ3) is 5.02. The number of benzene rings is 1. The standard InChI is InChI=1S/C19H31N3O3S.ClH/c1-12-13(2)15(4)19(16(5)14(12)3)26(24,25)21-10-8-18(23)22(6)17-7-9-20-11-17;/h17,20-21H,7-11H2,1-6H3;1H. The molecule has 1 aromatic rings. The van der Waals surface area contributed by atoms with Crippen molar-refractivity contribution in [3.63, 3.8) is 0 Å².